The highest BCUT2D eigenvalue weighted by atomic mass is 15.2. The van der Waals surface area contributed by atoms with Gasteiger partial charge in [0.05, 0.1) is 27.6 Å². The summed E-state index contributed by atoms with van der Waals surface area (Å²) in [5.74, 6) is 1.85. The smallest absolute Gasteiger partial charge is 0.238 e. The summed E-state index contributed by atoms with van der Waals surface area (Å²) in [4.78, 5) is 15.7. The van der Waals surface area contributed by atoms with Gasteiger partial charge in [0.25, 0.3) is 0 Å². The molecule has 0 unspecified atom stereocenters. The van der Waals surface area contributed by atoms with E-state index in [-0.39, 0.29) is 0 Å². The first kappa shape index (κ1) is 27.1. The fraction of sp³-hybridized carbons (Fsp3) is 0. The van der Waals surface area contributed by atoms with Crippen LogP contribution in [0, 0.1) is 0 Å². The van der Waals surface area contributed by atoms with E-state index in [1.165, 1.54) is 38.1 Å². The highest BCUT2D eigenvalue weighted by Gasteiger charge is 2.23. The quantitative estimate of drug-likeness (QED) is 0.193. The summed E-state index contributed by atoms with van der Waals surface area (Å²) in [5, 5.41) is 7.35. The molecule has 0 spiro atoms. The van der Waals surface area contributed by atoms with Crippen LogP contribution >= 0.6 is 0 Å². The predicted molar refractivity (Wildman–Crippen MR) is 205 cm³/mol. The van der Waals surface area contributed by atoms with Crippen molar-refractivity contribution in [2.24, 2.45) is 0 Å². The highest BCUT2D eigenvalue weighted by Crippen LogP contribution is 2.44. The second kappa shape index (κ2) is 10.3. The minimum absolute atomic E-state index is 0.588. The number of benzene rings is 7. The van der Waals surface area contributed by atoms with Crippen LogP contribution in [-0.4, -0.2) is 23.9 Å². The van der Waals surface area contributed by atoms with Gasteiger partial charge in [-0.2, -0.15) is 9.97 Å². The Bertz CT molecular complexity index is 3040. The molecule has 0 radical (unpaired) electrons. The zero-order valence-corrected chi connectivity index (χ0v) is 26.8. The molecular formula is C45H27N5. The van der Waals surface area contributed by atoms with Gasteiger partial charge in [0, 0.05) is 49.0 Å². The first-order valence-corrected chi connectivity index (χ1v) is 16.9. The van der Waals surface area contributed by atoms with Crippen molar-refractivity contribution in [3.8, 4) is 39.9 Å². The minimum atomic E-state index is 0.588. The maximum atomic E-state index is 5.30. The van der Waals surface area contributed by atoms with Crippen LogP contribution in [0.25, 0.3) is 99.8 Å². The largest absolute Gasteiger partial charge is 0.307 e. The SMILES string of the molecule is c1ccc(-c2nc(-c3ccccc3-c3cccc4c5cccc6c7ccccc7n(c34)c65)nc(-n3c4ccccc4c4ccccc43)n2)cc1. The van der Waals surface area contributed by atoms with Crippen molar-refractivity contribution in [1.29, 1.82) is 0 Å². The number of rotatable bonds is 4. The third kappa shape index (κ3) is 3.74. The van der Waals surface area contributed by atoms with Crippen molar-refractivity contribution in [3.63, 3.8) is 0 Å². The van der Waals surface area contributed by atoms with Crippen LogP contribution in [0.5, 0.6) is 0 Å². The third-order valence-corrected chi connectivity index (χ3v) is 10.1. The number of hydrogen-bond donors (Lipinski definition) is 0. The van der Waals surface area contributed by atoms with E-state index in [0.717, 1.165) is 44.1 Å². The van der Waals surface area contributed by atoms with Crippen LogP contribution in [0.1, 0.15) is 0 Å². The van der Waals surface area contributed by atoms with Gasteiger partial charge in [-0.1, -0.05) is 146 Å². The second-order valence-corrected chi connectivity index (χ2v) is 12.8. The van der Waals surface area contributed by atoms with Gasteiger partial charge in [-0.15, -0.1) is 0 Å². The summed E-state index contributed by atoms with van der Waals surface area (Å²) in [6.45, 7) is 0. The number of nitrogens with zero attached hydrogens (tertiary/aromatic N) is 5. The lowest BCUT2D eigenvalue weighted by atomic mass is 9.96. The lowest BCUT2D eigenvalue weighted by molar-refractivity contribution is 0.953. The molecule has 0 aliphatic rings. The van der Waals surface area contributed by atoms with Gasteiger partial charge in [0.2, 0.25) is 5.95 Å². The van der Waals surface area contributed by atoms with Crippen molar-refractivity contribution in [1.82, 2.24) is 23.9 Å². The first-order valence-electron chi connectivity index (χ1n) is 16.9. The summed E-state index contributed by atoms with van der Waals surface area (Å²) in [5.41, 5.74) is 9.86. The molecule has 0 fully saturated rings. The van der Waals surface area contributed by atoms with Gasteiger partial charge in [0.1, 0.15) is 0 Å². The molecule has 11 rings (SSSR count). The van der Waals surface area contributed by atoms with Gasteiger partial charge >= 0.3 is 0 Å². The average Bonchev–Trinajstić information content (AvgIpc) is 3.83. The molecule has 4 aromatic heterocycles. The number of aromatic nitrogens is 5. The summed E-state index contributed by atoms with van der Waals surface area (Å²) in [7, 11) is 0. The minimum Gasteiger partial charge on any atom is -0.307 e. The van der Waals surface area contributed by atoms with E-state index in [0.29, 0.717) is 17.6 Å². The van der Waals surface area contributed by atoms with E-state index in [1.807, 2.05) is 18.2 Å². The standard InChI is InChI=1S/C45H27N5/c1-2-14-28(15-3-1)43-46-44(48-45(47-43)49-38-25-9-6-17-30(38)31-18-7-10-26-39(31)49)37-20-5-4-16-29(37)33-21-12-23-35-36-24-13-22-34-32-19-8-11-27-40(32)50(41(33)35)42(34)36/h1-27H. The number of para-hydroxylation sites is 5. The zero-order chi connectivity index (χ0) is 32.8. The van der Waals surface area contributed by atoms with Crippen molar-refractivity contribution < 1.29 is 0 Å². The Hall–Kier alpha value is -6.85. The second-order valence-electron chi connectivity index (χ2n) is 12.8. The Morgan fingerprint density at radius 1 is 0.320 bits per heavy atom. The average molecular weight is 638 g/mol. The van der Waals surface area contributed by atoms with E-state index in [2.05, 4.69) is 155 Å². The Labute approximate surface area is 286 Å². The van der Waals surface area contributed by atoms with Gasteiger partial charge in [-0.25, -0.2) is 4.98 Å². The molecule has 0 N–H and O–H groups in total. The molecule has 7 aromatic carbocycles. The van der Waals surface area contributed by atoms with Crippen molar-refractivity contribution >= 4 is 59.9 Å². The van der Waals surface area contributed by atoms with E-state index >= 15 is 0 Å². The molecule has 0 saturated carbocycles. The van der Waals surface area contributed by atoms with Crippen molar-refractivity contribution in [3.05, 3.63) is 164 Å². The maximum Gasteiger partial charge on any atom is 0.238 e. The number of hydrogen-bond acceptors (Lipinski definition) is 3. The van der Waals surface area contributed by atoms with Crippen LogP contribution in [0.3, 0.4) is 0 Å². The van der Waals surface area contributed by atoms with Crippen LogP contribution in [0.4, 0.5) is 0 Å². The molecule has 0 aliphatic heterocycles. The summed E-state index contributed by atoms with van der Waals surface area (Å²) in [6, 6.07) is 57.7. The van der Waals surface area contributed by atoms with Crippen molar-refractivity contribution in [2.75, 3.05) is 0 Å². The van der Waals surface area contributed by atoms with Gasteiger partial charge in [-0.3, -0.25) is 4.57 Å². The van der Waals surface area contributed by atoms with E-state index in [4.69, 9.17) is 15.0 Å². The number of fused-ring (bicyclic) bond motifs is 9. The lowest BCUT2D eigenvalue weighted by Crippen LogP contribution is -2.06. The van der Waals surface area contributed by atoms with Crippen LogP contribution in [-0.2, 0) is 0 Å². The van der Waals surface area contributed by atoms with Crippen molar-refractivity contribution in [2.45, 2.75) is 0 Å². The zero-order valence-electron chi connectivity index (χ0n) is 26.8. The van der Waals surface area contributed by atoms with E-state index in [1.54, 1.807) is 0 Å². The lowest BCUT2D eigenvalue weighted by Gasteiger charge is -2.14. The monoisotopic (exact) mass is 637 g/mol. The Morgan fingerprint density at radius 3 is 1.52 bits per heavy atom. The Morgan fingerprint density at radius 2 is 0.800 bits per heavy atom. The van der Waals surface area contributed by atoms with Crippen LogP contribution < -0.4 is 0 Å². The molecule has 5 heteroatoms. The molecular weight excluding hydrogens is 611 g/mol. The molecule has 4 heterocycles. The highest BCUT2D eigenvalue weighted by molar-refractivity contribution is 6.25. The molecule has 50 heavy (non-hydrogen) atoms. The predicted octanol–water partition coefficient (Wildman–Crippen LogP) is 11.1. The van der Waals surface area contributed by atoms with Crippen LogP contribution in [0.15, 0.2) is 164 Å². The maximum absolute atomic E-state index is 5.30. The normalized spacial score (nSPS) is 12.0. The van der Waals surface area contributed by atoms with Crippen LogP contribution in [0.2, 0.25) is 0 Å². The third-order valence-electron chi connectivity index (χ3n) is 10.1. The Balaban J connectivity index is 1.22. The topological polar surface area (TPSA) is 48.0 Å². The molecule has 0 amide bonds. The summed E-state index contributed by atoms with van der Waals surface area (Å²) in [6.07, 6.45) is 0. The fourth-order valence-corrected chi connectivity index (χ4v) is 8.04. The van der Waals surface area contributed by atoms with Gasteiger partial charge in [-0.05, 0) is 23.8 Å². The van der Waals surface area contributed by atoms with Gasteiger partial charge in [0.15, 0.2) is 11.6 Å². The fourth-order valence-electron chi connectivity index (χ4n) is 8.04. The summed E-state index contributed by atoms with van der Waals surface area (Å²) < 4.78 is 4.62. The molecule has 11 aromatic rings. The first-order chi connectivity index (χ1) is 24.8. The molecule has 0 saturated heterocycles. The Kier molecular flexibility index (Phi) is 5.60. The van der Waals surface area contributed by atoms with Gasteiger partial charge < -0.3 is 4.40 Å². The van der Waals surface area contributed by atoms with E-state index in [9.17, 15) is 0 Å². The molecule has 0 bridgehead atoms. The summed E-state index contributed by atoms with van der Waals surface area (Å²) >= 11 is 0. The molecule has 0 aliphatic carbocycles. The molecule has 5 nitrogen and oxygen atoms in total. The molecule has 0 atom stereocenters. The van der Waals surface area contributed by atoms with E-state index < -0.39 is 0 Å². The molecule has 232 valence electrons.